The molecule has 1 nitrogen and oxygen atoms in total. The van der Waals surface area contributed by atoms with Gasteiger partial charge in [0.2, 0.25) is 0 Å². The maximum Gasteiger partial charge on any atom is 0.0277 e. The van der Waals surface area contributed by atoms with Gasteiger partial charge in [-0.05, 0) is 42.7 Å². The number of halogens is 1. The van der Waals surface area contributed by atoms with E-state index in [1.165, 1.54) is 16.0 Å². The van der Waals surface area contributed by atoms with Crippen molar-refractivity contribution in [3.63, 3.8) is 0 Å². The van der Waals surface area contributed by atoms with Crippen LogP contribution in [0.1, 0.15) is 29.7 Å². The van der Waals surface area contributed by atoms with E-state index >= 15 is 0 Å². The van der Waals surface area contributed by atoms with Crippen LogP contribution in [0.25, 0.3) is 0 Å². The first-order valence-electron chi connectivity index (χ1n) is 6.30. The Kier molecular flexibility index (Phi) is 5.08. The molecule has 2 rings (SSSR count). The van der Waals surface area contributed by atoms with Gasteiger partial charge in [0.25, 0.3) is 0 Å². The normalized spacial score (nSPS) is 12.4. The summed E-state index contributed by atoms with van der Waals surface area (Å²) in [6.07, 6.45) is 0. The van der Waals surface area contributed by atoms with E-state index in [9.17, 15) is 0 Å². The number of hydrogen-bond donors (Lipinski definition) is 1. The molecule has 0 aromatic heterocycles. The minimum Gasteiger partial charge on any atom is -0.324 e. The Morgan fingerprint density at radius 3 is 2.58 bits per heavy atom. The van der Waals surface area contributed by atoms with E-state index in [0.717, 1.165) is 15.8 Å². The molecule has 19 heavy (non-hydrogen) atoms. The Morgan fingerprint density at radius 1 is 1.21 bits per heavy atom. The topological polar surface area (TPSA) is 26.0 Å². The van der Waals surface area contributed by atoms with E-state index in [1.807, 2.05) is 18.7 Å². The molecule has 0 bridgehead atoms. The lowest BCUT2D eigenvalue weighted by atomic mass is 10.1. The first-order valence-corrected chi connectivity index (χ1v) is 8.08. The highest BCUT2D eigenvalue weighted by Gasteiger charge is 2.06. The van der Waals surface area contributed by atoms with Crippen LogP contribution in [0.15, 0.2) is 51.8 Å². The molecule has 0 saturated heterocycles. The Labute approximate surface area is 127 Å². The van der Waals surface area contributed by atoms with E-state index in [1.54, 1.807) is 0 Å². The zero-order valence-corrected chi connectivity index (χ0v) is 13.6. The maximum absolute atomic E-state index is 5.91. The Hall–Kier alpha value is -0.770. The molecule has 2 aromatic carbocycles. The van der Waals surface area contributed by atoms with Gasteiger partial charge < -0.3 is 5.73 Å². The van der Waals surface area contributed by atoms with E-state index in [0.29, 0.717) is 0 Å². The van der Waals surface area contributed by atoms with Gasteiger partial charge in [0, 0.05) is 21.2 Å². The molecule has 100 valence electrons. The summed E-state index contributed by atoms with van der Waals surface area (Å²) in [4.78, 5) is 1.26. The van der Waals surface area contributed by atoms with Crippen LogP contribution in [0.2, 0.25) is 0 Å². The molecule has 0 radical (unpaired) electrons. The summed E-state index contributed by atoms with van der Waals surface area (Å²) in [5.74, 6) is 0.997. The Balaban J connectivity index is 2.08. The summed E-state index contributed by atoms with van der Waals surface area (Å²) in [5.41, 5.74) is 9.80. The van der Waals surface area contributed by atoms with Crippen LogP contribution in [0, 0.1) is 6.92 Å². The second-order valence-electron chi connectivity index (χ2n) is 4.69. The number of thioether (sulfide) groups is 1. The van der Waals surface area contributed by atoms with Gasteiger partial charge in [-0.3, -0.25) is 0 Å². The highest BCUT2D eigenvalue weighted by Crippen LogP contribution is 2.30. The molecule has 0 saturated carbocycles. The summed E-state index contributed by atoms with van der Waals surface area (Å²) in [6, 6.07) is 15.0. The number of rotatable bonds is 4. The lowest BCUT2D eigenvalue weighted by Gasteiger charge is -2.10. The van der Waals surface area contributed by atoms with Gasteiger partial charge in [-0.1, -0.05) is 46.3 Å². The average Bonchev–Trinajstić information content (AvgIpc) is 2.37. The molecule has 1 atom stereocenters. The zero-order chi connectivity index (χ0) is 13.8. The van der Waals surface area contributed by atoms with Crippen LogP contribution >= 0.6 is 27.7 Å². The number of aryl methyl sites for hydroxylation is 1. The first-order chi connectivity index (χ1) is 9.08. The molecule has 0 aliphatic heterocycles. The van der Waals surface area contributed by atoms with Crippen molar-refractivity contribution in [2.45, 2.75) is 30.5 Å². The van der Waals surface area contributed by atoms with Gasteiger partial charge >= 0.3 is 0 Å². The largest absolute Gasteiger partial charge is 0.324 e. The van der Waals surface area contributed by atoms with Crippen LogP contribution in [0.5, 0.6) is 0 Å². The lowest BCUT2D eigenvalue weighted by Crippen LogP contribution is -2.05. The van der Waals surface area contributed by atoms with Gasteiger partial charge in [-0.15, -0.1) is 11.8 Å². The summed E-state index contributed by atoms with van der Waals surface area (Å²) in [6.45, 7) is 4.16. The summed E-state index contributed by atoms with van der Waals surface area (Å²) >= 11 is 5.45. The van der Waals surface area contributed by atoms with Crippen molar-refractivity contribution in [1.82, 2.24) is 0 Å². The number of nitrogens with two attached hydrogens (primary N) is 1. The van der Waals surface area contributed by atoms with Crippen molar-refractivity contribution < 1.29 is 0 Å². The van der Waals surface area contributed by atoms with Crippen molar-refractivity contribution in [1.29, 1.82) is 0 Å². The first kappa shape index (κ1) is 14.6. The van der Waals surface area contributed by atoms with Crippen LogP contribution in [-0.2, 0) is 5.75 Å². The third-order valence-electron chi connectivity index (χ3n) is 3.12. The minimum atomic E-state index is 0.0600. The smallest absolute Gasteiger partial charge is 0.0277 e. The molecular formula is C16H18BrNS. The molecule has 0 aliphatic carbocycles. The quantitative estimate of drug-likeness (QED) is 0.789. The fraction of sp³-hybridized carbons (Fsp3) is 0.250. The van der Waals surface area contributed by atoms with Crippen LogP contribution in [0.4, 0.5) is 0 Å². The predicted octanol–water partition coefficient (Wildman–Crippen LogP) is 5.07. The summed E-state index contributed by atoms with van der Waals surface area (Å²) in [7, 11) is 0. The van der Waals surface area contributed by atoms with Crippen LogP contribution in [-0.4, -0.2) is 0 Å². The number of hydrogen-bond acceptors (Lipinski definition) is 2. The van der Waals surface area contributed by atoms with Gasteiger partial charge in [0.1, 0.15) is 0 Å². The fourth-order valence-electron chi connectivity index (χ4n) is 1.90. The van der Waals surface area contributed by atoms with Crippen molar-refractivity contribution in [2.24, 2.45) is 5.73 Å². The monoisotopic (exact) mass is 335 g/mol. The predicted molar refractivity (Wildman–Crippen MR) is 87.5 cm³/mol. The van der Waals surface area contributed by atoms with E-state index in [4.69, 9.17) is 5.73 Å². The van der Waals surface area contributed by atoms with Crippen LogP contribution < -0.4 is 5.73 Å². The molecule has 2 aromatic rings. The van der Waals surface area contributed by atoms with Crippen molar-refractivity contribution >= 4 is 27.7 Å². The Bertz CT molecular complexity index is 566. The molecule has 2 N–H and O–H groups in total. The lowest BCUT2D eigenvalue weighted by molar-refractivity contribution is 0.811. The van der Waals surface area contributed by atoms with Gasteiger partial charge in [-0.25, -0.2) is 0 Å². The standard InChI is InChI=1S/C16H18BrNS/c1-11-5-3-4-6-13(11)10-19-14-7-8-15(12(2)18)16(17)9-14/h3-9,12H,10,18H2,1-2H3/t12-/m1/s1. The average molecular weight is 336 g/mol. The second-order valence-corrected chi connectivity index (χ2v) is 6.59. The van der Waals surface area contributed by atoms with Crippen molar-refractivity contribution in [3.8, 4) is 0 Å². The molecule has 0 spiro atoms. The van der Waals surface area contributed by atoms with E-state index in [2.05, 4.69) is 65.3 Å². The molecule has 0 aliphatic rings. The third-order valence-corrected chi connectivity index (χ3v) is 4.85. The maximum atomic E-state index is 5.91. The van der Waals surface area contributed by atoms with E-state index in [-0.39, 0.29) is 6.04 Å². The molecular weight excluding hydrogens is 318 g/mol. The van der Waals surface area contributed by atoms with Gasteiger partial charge in [-0.2, -0.15) is 0 Å². The highest BCUT2D eigenvalue weighted by molar-refractivity contribution is 9.10. The van der Waals surface area contributed by atoms with Crippen LogP contribution in [0.3, 0.4) is 0 Å². The van der Waals surface area contributed by atoms with E-state index < -0.39 is 0 Å². The van der Waals surface area contributed by atoms with Gasteiger partial charge in [0.15, 0.2) is 0 Å². The molecule has 0 amide bonds. The summed E-state index contributed by atoms with van der Waals surface area (Å²) in [5, 5.41) is 0. The molecule has 0 heterocycles. The molecule has 0 unspecified atom stereocenters. The highest BCUT2D eigenvalue weighted by atomic mass is 79.9. The SMILES string of the molecule is Cc1ccccc1CSc1ccc([C@@H](C)N)c(Br)c1. The Morgan fingerprint density at radius 2 is 1.95 bits per heavy atom. The minimum absolute atomic E-state index is 0.0600. The molecule has 3 heteroatoms. The van der Waals surface area contributed by atoms with Gasteiger partial charge in [0.05, 0.1) is 0 Å². The summed E-state index contributed by atoms with van der Waals surface area (Å²) < 4.78 is 1.09. The van der Waals surface area contributed by atoms with Crippen molar-refractivity contribution in [2.75, 3.05) is 0 Å². The zero-order valence-electron chi connectivity index (χ0n) is 11.2. The second kappa shape index (κ2) is 6.60. The fourth-order valence-corrected chi connectivity index (χ4v) is 3.80. The molecule has 0 fully saturated rings. The third kappa shape index (κ3) is 3.85. The van der Waals surface area contributed by atoms with Crippen molar-refractivity contribution in [3.05, 3.63) is 63.6 Å². The number of benzene rings is 2.